The van der Waals surface area contributed by atoms with Gasteiger partial charge in [-0.05, 0) is 32.9 Å². The van der Waals surface area contributed by atoms with Crippen LogP contribution in [0.1, 0.15) is 26.3 Å². The molecule has 0 amide bonds. The predicted molar refractivity (Wildman–Crippen MR) is 59.5 cm³/mol. The summed E-state index contributed by atoms with van der Waals surface area (Å²) in [5.74, 6) is 0. The van der Waals surface area contributed by atoms with Gasteiger partial charge in [0.05, 0.1) is 11.1 Å². The van der Waals surface area contributed by atoms with Gasteiger partial charge in [0, 0.05) is 6.20 Å². The normalized spacial score (nSPS) is 13.2. The quantitative estimate of drug-likeness (QED) is 0.728. The Labute approximate surface area is 101 Å². The van der Waals surface area contributed by atoms with Crippen LogP contribution in [-0.4, -0.2) is 14.2 Å². The first kappa shape index (κ1) is 12.7. The minimum absolute atomic E-state index is 0.197. The Morgan fingerprint density at radius 1 is 1.17 bits per heavy atom. The molecule has 2 aromatic rings. The SMILES string of the molecule is CC(C)(C)n1nc2ccc(C(F)(F)F)cn2c1=O. The first-order chi connectivity index (χ1) is 8.10. The van der Waals surface area contributed by atoms with Crippen molar-refractivity contribution in [3.63, 3.8) is 0 Å². The van der Waals surface area contributed by atoms with Crippen LogP contribution in [0.15, 0.2) is 23.1 Å². The van der Waals surface area contributed by atoms with Crippen molar-refractivity contribution >= 4 is 5.65 Å². The van der Waals surface area contributed by atoms with E-state index in [1.165, 1.54) is 10.7 Å². The van der Waals surface area contributed by atoms with Crippen molar-refractivity contribution in [3.8, 4) is 0 Å². The van der Waals surface area contributed by atoms with Gasteiger partial charge >= 0.3 is 11.9 Å². The number of nitrogens with zero attached hydrogens (tertiary/aromatic N) is 3. The Morgan fingerprint density at radius 3 is 2.28 bits per heavy atom. The summed E-state index contributed by atoms with van der Waals surface area (Å²) in [6, 6.07) is 2.10. The zero-order valence-electron chi connectivity index (χ0n) is 10.1. The molecule has 7 heteroatoms. The predicted octanol–water partition coefficient (Wildman–Crippen LogP) is 2.27. The summed E-state index contributed by atoms with van der Waals surface area (Å²) in [4.78, 5) is 12.0. The smallest absolute Gasteiger partial charge is 0.250 e. The molecule has 0 unspecified atom stereocenters. The van der Waals surface area contributed by atoms with Gasteiger partial charge in [0.15, 0.2) is 5.65 Å². The third-order valence-electron chi connectivity index (χ3n) is 2.48. The summed E-state index contributed by atoms with van der Waals surface area (Å²) in [5, 5.41) is 4.01. The zero-order valence-corrected chi connectivity index (χ0v) is 10.1. The Morgan fingerprint density at radius 2 is 1.78 bits per heavy atom. The number of hydrogen-bond donors (Lipinski definition) is 0. The van der Waals surface area contributed by atoms with E-state index in [2.05, 4.69) is 5.10 Å². The molecule has 2 rings (SSSR count). The van der Waals surface area contributed by atoms with Crippen LogP contribution >= 0.6 is 0 Å². The van der Waals surface area contributed by atoms with Gasteiger partial charge in [-0.3, -0.25) is 0 Å². The number of alkyl halides is 3. The number of rotatable bonds is 0. The van der Waals surface area contributed by atoms with Crippen LogP contribution in [0.2, 0.25) is 0 Å². The molecule has 0 saturated carbocycles. The van der Waals surface area contributed by atoms with Crippen molar-refractivity contribution in [3.05, 3.63) is 34.4 Å². The summed E-state index contributed by atoms with van der Waals surface area (Å²) in [5.41, 5.74) is -1.83. The lowest BCUT2D eigenvalue weighted by molar-refractivity contribution is -0.137. The van der Waals surface area contributed by atoms with E-state index in [0.29, 0.717) is 0 Å². The molecule has 0 aliphatic rings. The minimum Gasteiger partial charge on any atom is -0.250 e. The molecule has 0 saturated heterocycles. The molecule has 0 N–H and O–H groups in total. The number of aromatic nitrogens is 3. The second-order valence-electron chi connectivity index (χ2n) is 5.01. The van der Waals surface area contributed by atoms with Gasteiger partial charge in [-0.2, -0.15) is 13.2 Å². The number of halogens is 3. The molecular weight excluding hydrogens is 247 g/mol. The molecule has 4 nitrogen and oxygen atoms in total. The Balaban J connectivity index is 2.73. The van der Waals surface area contributed by atoms with E-state index in [1.54, 1.807) is 20.8 Å². The Hall–Kier alpha value is -1.79. The fourth-order valence-corrected chi connectivity index (χ4v) is 1.58. The first-order valence-corrected chi connectivity index (χ1v) is 5.30. The summed E-state index contributed by atoms with van der Waals surface area (Å²) in [6.07, 6.45) is -3.70. The Bertz CT molecular complexity index is 646. The zero-order chi connectivity index (χ0) is 13.7. The molecule has 0 bridgehead atoms. The van der Waals surface area contributed by atoms with Crippen LogP contribution < -0.4 is 5.69 Å². The van der Waals surface area contributed by atoms with Crippen LogP contribution in [0.5, 0.6) is 0 Å². The molecule has 0 fully saturated rings. The van der Waals surface area contributed by atoms with Gasteiger partial charge < -0.3 is 0 Å². The number of hydrogen-bond acceptors (Lipinski definition) is 2. The molecule has 0 atom stereocenters. The molecule has 0 aliphatic carbocycles. The van der Waals surface area contributed by atoms with E-state index >= 15 is 0 Å². The van der Waals surface area contributed by atoms with Gasteiger partial charge in [0.25, 0.3) is 0 Å². The second kappa shape index (κ2) is 3.60. The highest BCUT2D eigenvalue weighted by Gasteiger charge is 2.31. The van der Waals surface area contributed by atoms with E-state index in [-0.39, 0.29) is 5.65 Å². The maximum absolute atomic E-state index is 12.5. The Kier molecular flexibility index (Phi) is 2.53. The molecular formula is C11H12F3N3O. The lowest BCUT2D eigenvalue weighted by atomic mass is 10.1. The van der Waals surface area contributed by atoms with Crippen LogP contribution in [0.25, 0.3) is 5.65 Å². The third kappa shape index (κ3) is 2.00. The molecule has 0 aliphatic heterocycles. The average Bonchev–Trinajstić information content (AvgIpc) is 2.54. The third-order valence-corrected chi connectivity index (χ3v) is 2.48. The van der Waals surface area contributed by atoms with E-state index in [1.807, 2.05) is 0 Å². The highest BCUT2D eigenvalue weighted by molar-refractivity contribution is 5.38. The summed E-state index contributed by atoms with van der Waals surface area (Å²) < 4.78 is 39.7. The van der Waals surface area contributed by atoms with Crippen molar-refractivity contribution in [2.75, 3.05) is 0 Å². The van der Waals surface area contributed by atoms with Crippen LogP contribution in [0.4, 0.5) is 13.2 Å². The topological polar surface area (TPSA) is 39.3 Å². The van der Waals surface area contributed by atoms with Gasteiger partial charge in [-0.1, -0.05) is 0 Å². The van der Waals surface area contributed by atoms with Gasteiger partial charge in [0.2, 0.25) is 0 Å². The summed E-state index contributed by atoms with van der Waals surface area (Å²) >= 11 is 0. The van der Waals surface area contributed by atoms with Crippen LogP contribution in [-0.2, 0) is 11.7 Å². The molecule has 2 heterocycles. The first-order valence-electron chi connectivity index (χ1n) is 5.30. The van der Waals surface area contributed by atoms with Crippen LogP contribution in [0.3, 0.4) is 0 Å². The molecule has 18 heavy (non-hydrogen) atoms. The summed E-state index contributed by atoms with van der Waals surface area (Å²) in [6.45, 7) is 5.27. The van der Waals surface area contributed by atoms with E-state index in [9.17, 15) is 18.0 Å². The molecule has 0 spiro atoms. The summed E-state index contributed by atoms with van der Waals surface area (Å²) in [7, 11) is 0. The van der Waals surface area contributed by atoms with Gasteiger partial charge in [0.1, 0.15) is 0 Å². The maximum Gasteiger partial charge on any atom is 0.417 e. The highest BCUT2D eigenvalue weighted by atomic mass is 19.4. The largest absolute Gasteiger partial charge is 0.417 e. The number of fused-ring (bicyclic) bond motifs is 1. The number of pyridine rings is 1. The fraction of sp³-hybridized carbons (Fsp3) is 0.455. The maximum atomic E-state index is 12.5. The van der Waals surface area contributed by atoms with Gasteiger partial charge in [-0.15, -0.1) is 5.10 Å². The van der Waals surface area contributed by atoms with Crippen LogP contribution in [0, 0.1) is 0 Å². The standard InChI is InChI=1S/C11H12F3N3O/c1-10(2,3)17-9(18)16-6-7(11(12,13)14)4-5-8(16)15-17/h4-6H,1-3H3. The van der Waals surface area contributed by atoms with Crippen molar-refractivity contribution in [1.82, 2.24) is 14.2 Å². The second-order valence-corrected chi connectivity index (χ2v) is 5.01. The van der Waals surface area contributed by atoms with E-state index < -0.39 is 23.0 Å². The van der Waals surface area contributed by atoms with Gasteiger partial charge in [-0.25, -0.2) is 13.9 Å². The van der Waals surface area contributed by atoms with Crippen molar-refractivity contribution < 1.29 is 13.2 Å². The van der Waals surface area contributed by atoms with Crippen molar-refractivity contribution in [1.29, 1.82) is 0 Å². The monoisotopic (exact) mass is 259 g/mol. The average molecular weight is 259 g/mol. The molecule has 0 aromatic carbocycles. The molecule has 2 aromatic heterocycles. The molecule has 0 radical (unpaired) electrons. The van der Waals surface area contributed by atoms with Crippen molar-refractivity contribution in [2.45, 2.75) is 32.5 Å². The highest BCUT2D eigenvalue weighted by Crippen LogP contribution is 2.28. The minimum atomic E-state index is -4.47. The van der Waals surface area contributed by atoms with E-state index in [0.717, 1.165) is 16.7 Å². The lowest BCUT2D eigenvalue weighted by Gasteiger charge is -2.16. The van der Waals surface area contributed by atoms with Crippen molar-refractivity contribution in [2.24, 2.45) is 0 Å². The van der Waals surface area contributed by atoms with E-state index in [4.69, 9.17) is 0 Å². The fourth-order valence-electron chi connectivity index (χ4n) is 1.58. The molecule has 98 valence electrons. The lowest BCUT2D eigenvalue weighted by Crippen LogP contribution is -2.34.